The molecule has 3 heterocycles. The molecular weight excluding hydrogens is 252 g/mol. The molecule has 110 valence electrons. The number of nitrogens with zero attached hydrogens (tertiary/aromatic N) is 2. The van der Waals surface area contributed by atoms with Crippen LogP contribution in [0.5, 0.6) is 0 Å². The molecule has 3 rings (SSSR count). The Morgan fingerprint density at radius 1 is 1.20 bits per heavy atom. The standard InChI is InChI=1S/C16H24N2O2/c1-2-14-3-4-15(13-5-8-20-12-13)16(17-14)11-18-6-9-19-10-7-18/h3-4,13H,2,5-12H2,1H3/t13-/m0/s1. The van der Waals surface area contributed by atoms with E-state index in [1.807, 2.05) is 0 Å². The highest BCUT2D eigenvalue weighted by atomic mass is 16.5. The van der Waals surface area contributed by atoms with Crippen molar-refractivity contribution in [1.82, 2.24) is 9.88 Å². The molecule has 0 amide bonds. The van der Waals surface area contributed by atoms with Gasteiger partial charge in [-0.15, -0.1) is 0 Å². The van der Waals surface area contributed by atoms with Crippen LogP contribution in [0.4, 0.5) is 0 Å². The van der Waals surface area contributed by atoms with E-state index in [1.54, 1.807) is 0 Å². The third-order valence-electron chi connectivity index (χ3n) is 4.28. The predicted molar refractivity (Wildman–Crippen MR) is 77.9 cm³/mol. The fourth-order valence-electron chi connectivity index (χ4n) is 3.00. The van der Waals surface area contributed by atoms with Gasteiger partial charge < -0.3 is 9.47 Å². The summed E-state index contributed by atoms with van der Waals surface area (Å²) in [6.07, 6.45) is 2.13. The lowest BCUT2D eigenvalue weighted by Gasteiger charge is -2.27. The largest absolute Gasteiger partial charge is 0.381 e. The Labute approximate surface area is 121 Å². The Balaban J connectivity index is 1.80. The summed E-state index contributed by atoms with van der Waals surface area (Å²) in [6, 6.07) is 4.46. The molecule has 2 saturated heterocycles. The second kappa shape index (κ2) is 6.66. The van der Waals surface area contributed by atoms with Gasteiger partial charge in [0, 0.05) is 37.9 Å². The molecule has 1 atom stereocenters. The molecule has 2 fully saturated rings. The maximum atomic E-state index is 5.55. The molecule has 0 unspecified atom stereocenters. The van der Waals surface area contributed by atoms with Gasteiger partial charge in [-0.2, -0.15) is 0 Å². The number of pyridine rings is 1. The van der Waals surface area contributed by atoms with Crippen LogP contribution in [0.15, 0.2) is 12.1 Å². The zero-order chi connectivity index (χ0) is 13.8. The fourth-order valence-corrected chi connectivity index (χ4v) is 3.00. The molecule has 1 aromatic heterocycles. The van der Waals surface area contributed by atoms with Gasteiger partial charge in [0.25, 0.3) is 0 Å². The number of ether oxygens (including phenoxy) is 2. The Morgan fingerprint density at radius 2 is 2.05 bits per heavy atom. The summed E-state index contributed by atoms with van der Waals surface area (Å²) in [5, 5.41) is 0. The highest BCUT2D eigenvalue weighted by Crippen LogP contribution is 2.28. The first-order chi connectivity index (χ1) is 9.86. The maximum absolute atomic E-state index is 5.55. The Bertz CT molecular complexity index is 438. The number of rotatable bonds is 4. The summed E-state index contributed by atoms with van der Waals surface area (Å²) in [5.74, 6) is 0.532. The summed E-state index contributed by atoms with van der Waals surface area (Å²) in [7, 11) is 0. The molecule has 0 N–H and O–H groups in total. The Kier molecular flexibility index (Phi) is 4.65. The van der Waals surface area contributed by atoms with Crippen LogP contribution >= 0.6 is 0 Å². The van der Waals surface area contributed by atoms with Gasteiger partial charge in [-0.05, 0) is 24.5 Å². The number of hydrogen-bond donors (Lipinski definition) is 0. The van der Waals surface area contributed by atoms with Crippen LogP contribution in [0, 0.1) is 0 Å². The highest BCUT2D eigenvalue weighted by molar-refractivity contribution is 5.28. The van der Waals surface area contributed by atoms with Crippen molar-refractivity contribution in [3.63, 3.8) is 0 Å². The summed E-state index contributed by atoms with van der Waals surface area (Å²) >= 11 is 0. The highest BCUT2D eigenvalue weighted by Gasteiger charge is 2.23. The zero-order valence-electron chi connectivity index (χ0n) is 12.3. The molecule has 0 bridgehead atoms. The molecule has 0 spiro atoms. The first-order valence-corrected chi connectivity index (χ1v) is 7.73. The smallest absolute Gasteiger partial charge is 0.0594 e. The van der Waals surface area contributed by atoms with Gasteiger partial charge in [-0.3, -0.25) is 9.88 Å². The van der Waals surface area contributed by atoms with E-state index in [0.29, 0.717) is 5.92 Å². The number of aryl methyl sites for hydroxylation is 1. The van der Waals surface area contributed by atoms with Gasteiger partial charge in [0.2, 0.25) is 0 Å². The molecule has 0 radical (unpaired) electrons. The van der Waals surface area contributed by atoms with E-state index in [1.165, 1.54) is 17.0 Å². The molecule has 2 aliphatic rings. The lowest BCUT2D eigenvalue weighted by molar-refractivity contribution is 0.0334. The van der Waals surface area contributed by atoms with E-state index < -0.39 is 0 Å². The molecule has 20 heavy (non-hydrogen) atoms. The van der Waals surface area contributed by atoms with E-state index in [9.17, 15) is 0 Å². The minimum Gasteiger partial charge on any atom is -0.381 e. The summed E-state index contributed by atoms with van der Waals surface area (Å²) in [6.45, 7) is 8.56. The second-order valence-corrected chi connectivity index (χ2v) is 5.64. The van der Waals surface area contributed by atoms with Crippen molar-refractivity contribution < 1.29 is 9.47 Å². The monoisotopic (exact) mass is 276 g/mol. The molecule has 0 aromatic carbocycles. The SMILES string of the molecule is CCc1ccc([C@H]2CCOC2)c(CN2CCOCC2)n1. The van der Waals surface area contributed by atoms with Crippen molar-refractivity contribution >= 4 is 0 Å². The minimum absolute atomic E-state index is 0.532. The lowest BCUT2D eigenvalue weighted by atomic mass is 9.96. The van der Waals surface area contributed by atoms with E-state index in [0.717, 1.165) is 58.9 Å². The van der Waals surface area contributed by atoms with Crippen LogP contribution < -0.4 is 0 Å². The maximum Gasteiger partial charge on any atom is 0.0594 e. The van der Waals surface area contributed by atoms with E-state index >= 15 is 0 Å². The van der Waals surface area contributed by atoms with Crippen LogP contribution in [0.25, 0.3) is 0 Å². The number of aromatic nitrogens is 1. The van der Waals surface area contributed by atoms with Crippen LogP contribution in [0.3, 0.4) is 0 Å². The summed E-state index contributed by atoms with van der Waals surface area (Å²) in [4.78, 5) is 7.34. The van der Waals surface area contributed by atoms with Crippen LogP contribution in [0.2, 0.25) is 0 Å². The van der Waals surface area contributed by atoms with Crippen molar-refractivity contribution in [3.8, 4) is 0 Å². The van der Waals surface area contributed by atoms with Gasteiger partial charge in [0.15, 0.2) is 0 Å². The quantitative estimate of drug-likeness (QED) is 0.842. The first-order valence-electron chi connectivity index (χ1n) is 7.73. The summed E-state index contributed by atoms with van der Waals surface area (Å²) in [5.41, 5.74) is 3.84. The molecule has 0 saturated carbocycles. The molecular formula is C16H24N2O2. The van der Waals surface area contributed by atoms with E-state index in [4.69, 9.17) is 14.5 Å². The molecule has 4 heteroatoms. The average Bonchev–Trinajstić information content (AvgIpc) is 3.02. The van der Waals surface area contributed by atoms with Gasteiger partial charge >= 0.3 is 0 Å². The molecule has 1 aromatic rings. The van der Waals surface area contributed by atoms with Crippen molar-refractivity contribution in [2.45, 2.75) is 32.2 Å². The fraction of sp³-hybridized carbons (Fsp3) is 0.688. The second-order valence-electron chi connectivity index (χ2n) is 5.64. The summed E-state index contributed by atoms with van der Waals surface area (Å²) < 4.78 is 11.0. The van der Waals surface area contributed by atoms with Gasteiger partial charge in [-0.25, -0.2) is 0 Å². The molecule has 2 aliphatic heterocycles. The van der Waals surface area contributed by atoms with Crippen LogP contribution in [-0.2, 0) is 22.4 Å². The van der Waals surface area contributed by atoms with Crippen molar-refractivity contribution in [3.05, 3.63) is 29.1 Å². The third-order valence-corrected chi connectivity index (χ3v) is 4.28. The van der Waals surface area contributed by atoms with Crippen LogP contribution in [-0.4, -0.2) is 49.4 Å². The number of morpholine rings is 1. The van der Waals surface area contributed by atoms with E-state index in [-0.39, 0.29) is 0 Å². The Morgan fingerprint density at radius 3 is 2.75 bits per heavy atom. The normalized spacial score (nSPS) is 24.1. The third kappa shape index (κ3) is 3.19. The van der Waals surface area contributed by atoms with Crippen LogP contribution in [0.1, 0.15) is 36.2 Å². The topological polar surface area (TPSA) is 34.6 Å². The first kappa shape index (κ1) is 14.0. The van der Waals surface area contributed by atoms with E-state index in [2.05, 4.69) is 24.0 Å². The van der Waals surface area contributed by atoms with Gasteiger partial charge in [0.05, 0.1) is 25.5 Å². The number of hydrogen-bond acceptors (Lipinski definition) is 4. The zero-order valence-corrected chi connectivity index (χ0v) is 12.3. The average molecular weight is 276 g/mol. The minimum atomic E-state index is 0.532. The Hall–Kier alpha value is -0.970. The molecule has 0 aliphatic carbocycles. The van der Waals surface area contributed by atoms with Crippen molar-refractivity contribution in [2.75, 3.05) is 39.5 Å². The lowest BCUT2D eigenvalue weighted by Crippen LogP contribution is -2.36. The van der Waals surface area contributed by atoms with Gasteiger partial charge in [0.1, 0.15) is 0 Å². The van der Waals surface area contributed by atoms with Gasteiger partial charge in [-0.1, -0.05) is 13.0 Å². The van der Waals surface area contributed by atoms with Crippen molar-refractivity contribution in [2.24, 2.45) is 0 Å². The van der Waals surface area contributed by atoms with Crippen molar-refractivity contribution in [1.29, 1.82) is 0 Å². The molecule has 4 nitrogen and oxygen atoms in total. The predicted octanol–water partition coefficient (Wildman–Crippen LogP) is 1.98.